The largest absolute Gasteiger partial charge is 0.264 e. The summed E-state index contributed by atoms with van der Waals surface area (Å²) in [5, 5.41) is 0.842. The van der Waals surface area contributed by atoms with Crippen LogP contribution in [0.1, 0.15) is 5.56 Å². The summed E-state index contributed by atoms with van der Waals surface area (Å²) in [6, 6.07) is 1.94. The molecule has 0 saturated heterocycles. The highest BCUT2D eigenvalue weighted by molar-refractivity contribution is 9.08. The van der Waals surface area contributed by atoms with E-state index < -0.39 is 0 Å². The SMILES string of the molecule is Sc1cnccc1CBr. The van der Waals surface area contributed by atoms with Gasteiger partial charge in [-0.2, -0.15) is 0 Å². The zero-order chi connectivity index (χ0) is 6.69. The molecule has 0 atom stereocenters. The van der Waals surface area contributed by atoms with Crippen molar-refractivity contribution in [3.8, 4) is 0 Å². The number of thiol groups is 1. The number of hydrogen-bond donors (Lipinski definition) is 1. The van der Waals surface area contributed by atoms with Gasteiger partial charge in [0.15, 0.2) is 0 Å². The van der Waals surface area contributed by atoms with Crippen LogP contribution in [0.25, 0.3) is 0 Å². The van der Waals surface area contributed by atoms with Crippen LogP contribution < -0.4 is 0 Å². The lowest BCUT2D eigenvalue weighted by Crippen LogP contribution is -1.80. The van der Waals surface area contributed by atoms with Crippen molar-refractivity contribution < 1.29 is 0 Å². The van der Waals surface area contributed by atoms with Crippen molar-refractivity contribution in [3.63, 3.8) is 0 Å². The maximum atomic E-state index is 4.19. The van der Waals surface area contributed by atoms with E-state index in [0.29, 0.717) is 0 Å². The van der Waals surface area contributed by atoms with E-state index in [1.165, 1.54) is 5.56 Å². The summed E-state index contributed by atoms with van der Waals surface area (Å²) in [7, 11) is 0. The Balaban J connectivity index is 3.01. The maximum Gasteiger partial charge on any atom is 0.0404 e. The predicted molar refractivity (Wildman–Crippen MR) is 44.1 cm³/mol. The van der Waals surface area contributed by atoms with E-state index in [9.17, 15) is 0 Å². The van der Waals surface area contributed by atoms with Crippen LogP contribution in [-0.4, -0.2) is 4.98 Å². The predicted octanol–water partition coefficient (Wildman–Crippen LogP) is 2.27. The molecule has 0 fully saturated rings. The van der Waals surface area contributed by atoms with E-state index in [1.807, 2.05) is 6.07 Å². The van der Waals surface area contributed by atoms with Gasteiger partial charge < -0.3 is 0 Å². The Kier molecular flexibility index (Phi) is 2.54. The summed E-state index contributed by atoms with van der Waals surface area (Å²) in [6.07, 6.45) is 3.50. The van der Waals surface area contributed by atoms with Crippen molar-refractivity contribution >= 4 is 28.6 Å². The third-order valence-corrected chi connectivity index (χ3v) is 2.04. The Labute approximate surface area is 68.0 Å². The Morgan fingerprint density at radius 1 is 1.67 bits per heavy atom. The Morgan fingerprint density at radius 2 is 2.44 bits per heavy atom. The topological polar surface area (TPSA) is 12.9 Å². The van der Waals surface area contributed by atoms with Crippen molar-refractivity contribution in [2.75, 3.05) is 0 Å². The number of aromatic nitrogens is 1. The lowest BCUT2D eigenvalue weighted by atomic mass is 10.3. The standard InChI is InChI=1S/C6H6BrNS/c7-3-5-1-2-8-4-6(5)9/h1-2,4,9H,3H2. The van der Waals surface area contributed by atoms with Gasteiger partial charge in [0.25, 0.3) is 0 Å². The summed E-state index contributed by atoms with van der Waals surface area (Å²) in [6.45, 7) is 0. The van der Waals surface area contributed by atoms with E-state index in [1.54, 1.807) is 12.4 Å². The lowest BCUT2D eigenvalue weighted by molar-refractivity contribution is 1.17. The number of nitrogens with zero attached hydrogens (tertiary/aromatic N) is 1. The number of halogens is 1. The minimum atomic E-state index is 0.842. The Morgan fingerprint density at radius 3 is 2.89 bits per heavy atom. The van der Waals surface area contributed by atoms with Gasteiger partial charge in [-0.25, -0.2) is 0 Å². The zero-order valence-corrected chi connectivity index (χ0v) is 7.19. The third kappa shape index (κ3) is 1.69. The van der Waals surface area contributed by atoms with Crippen LogP contribution in [0.15, 0.2) is 23.4 Å². The third-order valence-electron chi connectivity index (χ3n) is 1.03. The van der Waals surface area contributed by atoms with Crippen molar-refractivity contribution in [2.45, 2.75) is 10.2 Å². The molecule has 0 N–H and O–H groups in total. The van der Waals surface area contributed by atoms with Gasteiger partial charge in [-0.3, -0.25) is 4.98 Å². The minimum absolute atomic E-state index is 0.842. The first-order valence-corrected chi connectivity index (χ1v) is 4.09. The summed E-state index contributed by atoms with van der Waals surface area (Å²) in [4.78, 5) is 4.83. The normalized spacial score (nSPS) is 9.56. The second-order valence-electron chi connectivity index (χ2n) is 1.64. The van der Waals surface area contributed by atoms with E-state index in [4.69, 9.17) is 0 Å². The summed E-state index contributed by atoms with van der Waals surface area (Å²) in [5.41, 5.74) is 1.17. The Hall–Kier alpha value is -0.0200. The fraction of sp³-hybridized carbons (Fsp3) is 0.167. The van der Waals surface area contributed by atoms with Crippen molar-refractivity contribution in [1.29, 1.82) is 0 Å². The summed E-state index contributed by atoms with van der Waals surface area (Å²) >= 11 is 7.52. The molecule has 0 saturated carbocycles. The second kappa shape index (κ2) is 3.22. The van der Waals surface area contributed by atoms with Gasteiger partial charge >= 0.3 is 0 Å². The molecule has 1 rings (SSSR count). The number of alkyl halides is 1. The first-order valence-electron chi connectivity index (χ1n) is 2.52. The maximum absolute atomic E-state index is 4.19. The van der Waals surface area contributed by atoms with E-state index in [2.05, 4.69) is 33.5 Å². The smallest absolute Gasteiger partial charge is 0.0404 e. The van der Waals surface area contributed by atoms with Gasteiger partial charge in [0.1, 0.15) is 0 Å². The first kappa shape index (κ1) is 7.09. The number of hydrogen-bond acceptors (Lipinski definition) is 2. The molecular weight excluding hydrogens is 198 g/mol. The van der Waals surface area contributed by atoms with Crippen LogP contribution in [0, 0.1) is 0 Å². The van der Waals surface area contributed by atoms with Gasteiger partial charge in [-0.1, -0.05) is 15.9 Å². The highest BCUT2D eigenvalue weighted by atomic mass is 79.9. The van der Waals surface area contributed by atoms with Crippen molar-refractivity contribution in [1.82, 2.24) is 4.98 Å². The van der Waals surface area contributed by atoms with Gasteiger partial charge in [0, 0.05) is 22.6 Å². The highest BCUT2D eigenvalue weighted by Gasteiger charge is 1.92. The van der Waals surface area contributed by atoms with Gasteiger partial charge in [-0.05, 0) is 11.6 Å². The molecule has 9 heavy (non-hydrogen) atoms. The molecule has 1 nitrogen and oxygen atoms in total. The van der Waals surface area contributed by atoms with Crippen LogP contribution in [0.4, 0.5) is 0 Å². The lowest BCUT2D eigenvalue weighted by Gasteiger charge is -1.95. The molecule has 0 radical (unpaired) electrons. The molecule has 1 heterocycles. The zero-order valence-electron chi connectivity index (χ0n) is 4.71. The minimum Gasteiger partial charge on any atom is -0.264 e. The molecule has 1 aromatic rings. The van der Waals surface area contributed by atoms with Crippen LogP contribution >= 0.6 is 28.6 Å². The fourth-order valence-electron chi connectivity index (χ4n) is 0.528. The highest BCUT2D eigenvalue weighted by Crippen LogP contribution is 2.13. The van der Waals surface area contributed by atoms with E-state index in [-0.39, 0.29) is 0 Å². The average Bonchev–Trinajstić information content (AvgIpc) is 1.89. The molecule has 0 aliphatic rings. The second-order valence-corrected chi connectivity index (χ2v) is 2.68. The molecule has 0 aliphatic heterocycles. The monoisotopic (exact) mass is 203 g/mol. The molecule has 0 unspecified atom stereocenters. The average molecular weight is 204 g/mol. The summed E-state index contributed by atoms with van der Waals surface area (Å²) < 4.78 is 0. The summed E-state index contributed by atoms with van der Waals surface area (Å²) in [5.74, 6) is 0. The van der Waals surface area contributed by atoms with Crippen LogP contribution in [0.2, 0.25) is 0 Å². The van der Waals surface area contributed by atoms with Gasteiger partial charge in [-0.15, -0.1) is 12.6 Å². The molecule has 0 aliphatic carbocycles. The molecule has 1 aromatic heterocycles. The van der Waals surface area contributed by atoms with Gasteiger partial charge in [0.2, 0.25) is 0 Å². The molecule has 0 amide bonds. The fourth-order valence-corrected chi connectivity index (χ4v) is 1.45. The molecule has 48 valence electrons. The van der Waals surface area contributed by atoms with Crippen LogP contribution in [0.3, 0.4) is 0 Å². The molecular formula is C6H6BrNS. The molecule has 0 spiro atoms. The van der Waals surface area contributed by atoms with Crippen molar-refractivity contribution in [2.24, 2.45) is 0 Å². The van der Waals surface area contributed by atoms with E-state index in [0.717, 1.165) is 10.2 Å². The molecule has 0 bridgehead atoms. The van der Waals surface area contributed by atoms with Gasteiger partial charge in [0.05, 0.1) is 0 Å². The number of pyridine rings is 1. The van der Waals surface area contributed by atoms with E-state index >= 15 is 0 Å². The van der Waals surface area contributed by atoms with Crippen molar-refractivity contribution in [3.05, 3.63) is 24.0 Å². The van der Waals surface area contributed by atoms with Crippen LogP contribution in [0.5, 0.6) is 0 Å². The quantitative estimate of drug-likeness (QED) is 0.546. The van der Waals surface area contributed by atoms with Crippen LogP contribution in [-0.2, 0) is 5.33 Å². The first-order chi connectivity index (χ1) is 4.34. The molecule has 0 aromatic carbocycles. The number of rotatable bonds is 1. The molecule has 3 heteroatoms. The Bertz CT molecular complexity index is 202.